The third-order valence-corrected chi connectivity index (χ3v) is 2.45. The van der Waals surface area contributed by atoms with E-state index in [2.05, 4.69) is 4.52 Å². The average molecular weight is 228 g/mol. The Morgan fingerprint density at radius 3 is 2.40 bits per heavy atom. The Hall–Kier alpha value is -0.670. The van der Waals surface area contributed by atoms with Crippen molar-refractivity contribution < 1.29 is 18.9 Å². The van der Waals surface area contributed by atoms with Crippen molar-refractivity contribution in [3.63, 3.8) is 0 Å². The van der Waals surface area contributed by atoms with Crippen molar-refractivity contribution in [1.82, 2.24) is 0 Å². The highest BCUT2D eigenvalue weighted by molar-refractivity contribution is 7.43. The fourth-order valence-electron chi connectivity index (χ4n) is 1.25. The summed E-state index contributed by atoms with van der Waals surface area (Å²) in [7, 11) is -4.78. The molecule has 15 heavy (non-hydrogen) atoms. The molecule has 4 nitrogen and oxygen atoms in total. The molecule has 1 rings (SSSR count). The van der Waals surface area contributed by atoms with Crippen LogP contribution in [0.4, 0.5) is 0 Å². The maximum atomic E-state index is 10.1. The number of phosphoric acid groups is 1. The first-order valence-electron chi connectivity index (χ1n) is 4.78. The summed E-state index contributed by atoms with van der Waals surface area (Å²) in [5.41, 5.74) is 1.20. The molecule has 0 saturated carbocycles. The van der Waals surface area contributed by atoms with Gasteiger partial charge in [0.05, 0.1) is 14.4 Å². The van der Waals surface area contributed by atoms with Crippen LogP contribution in [-0.4, -0.2) is 6.61 Å². The standard InChI is InChI=1S/C10H15O4P/c11-15(12,13)14-9-5-4-8-10-6-2-1-3-7-10/h1-3,6-7H,4-5,8-9H2,(H2,11,12,13)/p-2. The molecule has 0 amide bonds. The van der Waals surface area contributed by atoms with Crippen molar-refractivity contribution in [2.75, 3.05) is 6.61 Å². The van der Waals surface area contributed by atoms with E-state index in [0.717, 1.165) is 12.8 Å². The molecule has 0 spiro atoms. The van der Waals surface area contributed by atoms with Gasteiger partial charge >= 0.3 is 0 Å². The van der Waals surface area contributed by atoms with Gasteiger partial charge in [-0.2, -0.15) is 0 Å². The van der Waals surface area contributed by atoms with Crippen molar-refractivity contribution in [1.29, 1.82) is 0 Å². The zero-order chi connectivity index (χ0) is 11.1. The second-order valence-electron chi connectivity index (χ2n) is 3.22. The summed E-state index contributed by atoms with van der Waals surface area (Å²) in [4.78, 5) is 20.2. The van der Waals surface area contributed by atoms with Gasteiger partial charge in [0.1, 0.15) is 0 Å². The first-order chi connectivity index (χ1) is 7.08. The monoisotopic (exact) mass is 228 g/mol. The van der Waals surface area contributed by atoms with E-state index in [9.17, 15) is 14.4 Å². The number of benzene rings is 1. The highest BCUT2D eigenvalue weighted by Crippen LogP contribution is 2.24. The van der Waals surface area contributed by atoms with E-state index < -0.39 is 7.82 Å². The molecule has 0 aliphatic heterocycles. The van der Waals surface area contributed by atoms with Crippen LogP contribution in [0.5, 0.6) is 0 Å². The Morgan fingerprint density at radius 2 is 1.80 bits per heavy atom. The molecule has 0 unspecified atom stereocenters. The second-order valence-corrected chi connectivity index (χ2v) is 4.38. The highest BCUT2D eigenvalue weighted by atomic mass is 31.2. The summed E-state index contributed by atoms with van der Waals surface area (Å²) < 4.78 is 14.2. The van der Waals surface area contributed by atoms with Gasteiger partial charge in [-0.15, -0.1) is 0 Å². The zero-order valence-corrected chi connectivity index (χ0v) is 9.19. The summed E-state index contributed by atoms with van der Waals surface area (Å²) in [6.45, 7) is -0.0168. The quantitative estimate of drug-likeness (QED) is 0.534. The van der Waals surface area contributed by atoms with Crippen LogP contribution in [0.1, 0.15) is 18.4 Å². The van der Waals surface area contributed by atoms with E-state index in [1.165, 1.54) is 5.56 Å². The maximum absolute atomic E-state index is 10.1. The number of hydrogen-bond donors (Lipinski definition) is 0. The highest BCUT2D eigenvalue weighted by Gasteiger charge is 1.94. The van der Waals surface area contributed by atoms with E-state index in [-0.39, 0.29) is 6.61 Å². The van der Waals surface area contributed by atoms with Crippen LogP contribution in [0.2, 0.25) is 0 Å². The predicted octanol–water partition coefficient (Wildman–Crippen LogP) is 0.855. The van der Waals surface area contributed by atoms with Crippen LogP contribution >= 0.6 is 7.82 Å². The molecule has 1 aromatic rings. The summed E-state index contributed by atoms with van der Waals surface area (Å²) in [6.07, 6.45) is 2.25. The van der Waals surface area contributed by atoms with Gasteiger partial charge in [-0.05, 0) is 24.8 Å². The molecule has 1 aromatic carbocycles. The minimum Gasteiger partial charge on any atom is -0.790 e. The van der Waals surface area contributed by atoms with Crippen molar-refractivity contribution in [2.45, 2.75) is 19.3 Å². The first-order valence-corrected chi connectivity index (χ1v) is 6.24. The minimum atomic E-state index is -4.78. The molecule has 0 heterocycles. The smallest absolute Gasteiger partial charge is 0.0596 e. The lowest BCUT2D eigenvalue weighted by molar-refractivity contribution is -0.341. The predicted molar refractivity (Wildman–Crippen MR) is 52.9 cm³/mol. The number of aryl methyl sites for hydroxylation is 1. The molecular formula is C10H13O4P-2. The van der Waals surface area contributed by atoms with Crippen molar-refractivity contribution in [3.05, 3.63) is 35.9 Å². The Morgan fingerprint density at radius 1 is 1.13 bits per heavy atom. The summed E-state index contributed by atoms with van der Waals surface area (Å²) in [6, 6.07) is 9.86. The summed E-state index contributed by atoms with van der Waals surface area (Å²) in [5.74, 6) is 0. The van der Waals surface area contributed by atoms with E-state index in [1.807, 2.05) is 30.3 Å². The van der Waals surface area contributed by atoms with E-state index in [0.29, 0.717) is 6.42 Å². The number of unbranched alkanes of at least 4 members (excludes halogenated alkanes) is 1. The number of rotatable bonds is 6. The van der Waals surface area contributed by atoms with Crippen LogP contribution < -0.4 is 9.79 Å². The van der Waals surface area contributed by atoms with Crippen LogP contribution in [-0.2, 0) is 15.5 Å². The molecular weight excluding hydrogens is 215 g/mol. The van der Waals surface area contributed by atoms with Gasteiger partial charge in [-0.3, -0.25) is 0 Å². The lowest BCUT2D eigenvalue weighted by Crippen LogP contribution is -2.16. The maximum Gasteiger partial charge on any atom is 0.0596 e. The van der Waals surface area contributed by atoms with Crippen molar-refractivity contribution in [3.8, 4) is 0 Å². The number of phosphoric ester groups is 1. The van der Waals surface area contributed by atoms with Gasteiger partial charge in [0.25, 0.3) is 0 Å². The second kappa shape index (κ2) is 6.03. The van der Waals surface area contributed by atoms with Gasteiger partial charge in [0.2, 0.25) is 0 Å². The average Bonchev–Trinajstić information content (AvgIpc) is 2.17. The van der Waals surface area contributed by atoms with Gasteiger partial charge in [0, 0.05) is 0 Å². The van der Waals surface area contributed by atoms with Crippen molar-refractivity contribution >= 4 is 7.82 Å². The topological polar surface area (TPSA) is 72.4 Å². The lowest BCUT2D eigenvalue weighted by Gasteiger charge is -2.28. The minimum absolute atomic E-state index is 0.0168. The molecule has 0 aliphatic rings. The molecule has 0 radical (unpaired) electrons. The lowest BCUT2D eigenvalue weighted by atomic mass is 10.1. The Bertz CT molecular complexity index is 319. The summed E-state index contributed by atoms with van der Waals surface area (Å²) >= 11 is 0. The van der Waals surface area contributed by atoms with E-state index in [1.54, 1.807) is 0 Å². The van der Waals surface area contributed by atoms with Crippen LogP contribution in [0.25, 0.3) is 0 Å². The molecule has 5 heteroatoms. The fourth-order valence-corrected chi connectivity index (χ4v) is 1.60. The summed E-state index contributed by atoms with van der Waals surface area (Å²) in [5, 5.41) is 0. The third-order valence-electron chi connectivity index (χ3n) is 1.95. The van der Waals surface area contributed by atoms with Gasteiger partial charge in [0.15, 0.2) is 0 Å². The van der Waals surface area contributed by atoms with Crippen LogP contribution in [0, 0.1) is 0 Å². The first kappa shape index (κ1) is 12.4. The molecule has 0 aliphatic carbocycles. The Labute approximate surface area is 89.1 Å². The van der Waals surface area contributed by atoms with E-state index >= 15 is 0 Å². The Balaban J connectivity index is 2.10. The van der Waals surface area contributed by atoms with Gasteiger partial charge in [-0.25, -0.2) is 0 Å². The van der Waals surface area contributed by atoms with Crippen LogP contribution in [0.15, 0.2) is 30.3 Å². The zero-order valence-electron chi connectivity index (χ0n) is 8.30. The molecule has 84 valence electrons. The molecule has 0 fully saturated rings. The van der Waals surface area contributed by atoms with E-state index in [4.69, 9.17) is 0 Å². The fraction of sp³-hybridized carbons (Fsp3) is 0.400. The SMILES string of the molecule is O=P([O-])([O-])OCCCCc1ccccc1. The number of hydrogen-bond acceptors (Lipinski definition) is 4. The molecule has 0 saturated heterocycles. The van der Waals surface area contributed by atoms with Crippen LogP contribution in [0.3, 0.4) is 0 Å². The van der Waals surface area contributed by atoms with Crippen molar-refractivity contribution in [2.24, 2.45) is 0 Å². The largest absolute Gasteiger partial charge is 0.790 e. The molecule has 0 N–H and O–H groups in total. The molecule has 0 aromatic heterocycles. The normalized spacial score (nSPS) is 11.6. The molecule has 0 atom stereocenters. The molecule has 0 bridgehead atoms. The third kappa shape index (κ3) is 6.42. The van der Waals surface area contributed by atoms with Gasteiger partial charge in [-0.1, -0.05) is 30.3 Å². The van der Waals surface area contributed by atoms with Gasteiger partial charge < -0.3 is 18.9 Å². The Kier molecular flexibility index (Phi) is 4.99.